The third-order valence-electron chi connectivity index (χ3n) is 2.25. The fourth-order valence-electron chi connectivity index (χ4n) is 1.43. The fraction of sp³-hybridized carbons (Fsp3) is 0.167. The van der Waals surface area contributed by atoms with Gasteiger partial charge in [0.2, 0.25) is 0 Å². The van der Waals surface area contributed by atoms with Crippen molar-refractivity contribution in [3.8, 4) is 0 Å². The van der Waals surface area contributed by atoms with Gasteiger partial charge in [0.15, 0.2) is 11.6 Å². The van der Waals surface area contributed by atoms with Crippen LogP contribution in [0.3, 0.4) is 0 Å². The highest BCUT2D eigenvalue weighted by Gasteiger charge is 2.11. The molecule has 2 heterocycles. The van der Waals surface area contributed by atoms with Gasteiger partial charge in [0, 0.05) is 17.5 Å². The van der Waals surface area contributed by atoms with Crippen molar-refractivity contribution in [1.82, 2.24) is 4.98 Å². The molecule has 2 aromatic heterocycles. The second-order valence-electron chi connectivity index (χ2n) is 3.36. The number of pyridine rings is 1. The third kappa shape index (κ3) is 2.52. The number of nitrogens with zero attached hydrogens (tertiary/aromatic N) is 1. The van der Waals surface area contributed by atoms with Crippen LogP contribution in [-0.4, -0.2) is 10.8 Å². The number of hydrogen-bond donors (Lipinski definition) is 0. The molecule has 0 amide bonds. The number of aromatic nitrogens is 1. The van der Waals surface area contributed by atoms with Crippen molar-refractivity contribution in [2.24, 2.45) is 0 Å². The highest BCUT2D eigenvalue weighted by Crippen LogP contribution is 2.14. The summed E-state index contributed by atoms with van der Waals surface area (Å²) in [4.78, 5) is 16.5. The van der Waals surface area contributed by atoms with E-state index in [1.807, 2.05) is 17.5 Å². The fourth-order valence-corrected chi connectivity index (χ4v) is 2.14. The van der Waals surface area contributed by atoms with Crippen molar-refractivity contribution in [2.45, 2.75) is 12.8 Å². The lowest BCUT2D eigenvalue weighted by molar-refractivity contribution is 0.0979. The molecule has 82 valence electrons. The summed E-state index contributed by atoms with van der Waals surface area (Å²) in [5.41, 5.74) is 0.131. The van der Waals surface area contributed by atoms with Gasteiger partial charge in [0.05, 0.1) is 11.8 Å². The molecule has 0 aliphatic carbocycles. The molecule has 16 heavy (non-hydrogen) atoms. The molecule has 4 heteroatoms. The lowest BCUT2D eigenvalue weighted by atomic mass is 10.1. The van der Waals surface area contributed by atoms with Gasteiger partial charge < -0.3 is 0 Å². The van der Waals surface area contributed by atoms with E-state index in [0.29, 0.717) is 12.8 Å². The molecule has 0 aromatic carbocycles. The summed E-state index contributed by atoms with van der Waals surface area (Å²) < 4.78 is 13.2. The zero-order chi connectivity index (χ0) is 11.4. The van der Waals surface area contributed by atoms with Crippen LogP contribution in [0.15, 0.2) is 36.0 Å². The number of carbonyl (C=O) groups is 1. The number of Topliss-reactive ketones (excluding diaryl/α,β-unsaturated/α-hetero) is 1. The molecule has 0 saturated heterocycles. The zero-order valence-electron chi connectivity index (χ0n) is 8.52. The highest BCUT2D eigenvalue weighted by atomic mass is 32.1. The van der Waals surface area contributed by atoms with Gasteiger partial charge in [-0.1, -0.05) is 6.07 Å². The number of rotatable bonds is 4. The smallest absolute Gasteiger partial charge is 0.166 e. The van der Waals surface area contributed by atoms with Crippen LogP contribution in [0.5, 0.6) is 0 Å². The van der Waals surface area contributed by atoms with Gasteiger partial charge in [-0.05, 0) is 23.9 Å². The Hall–Kier alpha value is -1.55. The lowest BCUT2D eigenvalue weighted by Gasteiger charge is -2.00. The van der Waals surface area contributed by atoms with E-state index in [1.54, 1.807) is 11.3 Å². The van der Waals surface area contributed by atoms with Gasteiger partial charge >= 0.3 is 0 Å². The molecule has 0 aliphatic heterocycles. The predicted molar refractivity (Wildman–Crippen MR) is 61.2 cm³/mol. The molecule has 2 aromatic rings. The molecular weight excluding hydrogens is 225 g/mol. The summed E-state index contributed by atoms with van der Waals surface area (Å²) >= 11 is 1.61. The quantitative estimate of drug-likeness (QED) is 0.762. The van der Waals surface area contributed by atoms with Crippen LogP contribution in [0.25, 0.3) is 0 Å². The summed E-state index contributed by atoms with van der Waals surface area (Å²) in [6.07, 6.45) is 3.50. The van der Waals surface area contributed by atoms with Crippen LogP contribution >= 0.6 is 11.3 Å². The molecule has 2 rings (SSSR count). The first-order valence-corrected chi connectivity index (χ1v) is 5.80. The van der Waals surface area contributed by atoms with E-state index >= 15 is 0 Å². The Morgan fingerprint density at radius 1 is 1.44 bits per heavy atom. The average Bonchev–Trinajstić information content (AvgIpc) is 2.79. The van der Waals surface area contributed by atoms with Gasteiger partial charge in [-0.15, -0.1) is 11.3 Å². The zero-order valence-corrected chi connectivity index (χ0v) is 9.34. The maximum atomic E-state index is 13.2. The maximum Gasteiger partial charge on any atom is 0.166 e. The Balaban J connectivity index is 2.01. The Labute approximate surface area is 96.8 Å². The Bertz CT molecular complexity index is 482. The summed E-state index contributed by atoms with van der Waals surface area (Å²) in [5.74, 6) is -0.716. The monoisotopic (exact) mass is 235 g/mol. The van der Waals surface area contributed by atoms with Gasteiger partial charge in [-0.25, -0.2) is 4.39 Å². The first kappa shape index (κ1) is 11.0. The van der Waals surface area contributed by atoms with Crippen molar-refractivity contribution in [2.75, 3.05) is 0 Å². The van der Waals surface area contributed by atoms with Gasteiger partial charge in [-0.3, -0.25) is 9.78 Å². The Morgan fingerprint density at radius 2 is 2.31 bits per heavy atom. The van der Waals surface area contributed by atoms with Crippen LogP contribution < -0.4 is 0 Å². The number of thiophene rings is 1. The van der Waals surface area contributed by atoms with Crippen LogP contribution in [0.4, 0.5) is 4.39 Å². The standard InChI is InChI=1S/C12H10FNOS/c13-11-8-14-6-5-10(11)12(15)4-3-9-2-1-7-16-9/h1-2,5-8H,3-4H2. The number of aryl methyl sites for hydroxylation is 1. The normalized spacial score (nSPS) is 10.3. The van der Waals surface area contributed by atoms with E-state index in [1.165, 1.54) is 12.3 Å². The maximum absolute atomic E-state index is 13.2. The molecular formula is C12H10FNOS. The second kappa shape index (κ2) is 4.99. The van der Waals surface area contributed by atoms with Crippen molar-refractivity contribution in [1.29, 1.82) is 0 Å². The highest BCUT2D eigenvalue weighted by molar-refractivity contribution is 7.09. The van der Waals surface area contributed by atoms with Crippen molar-refractivity contribution >= 4 is 17.1 Å². The SMILES string of the molecule is O=C(CCc1cccs1)c1ccncc1F. The molecule has 0 bridgehead atoms. The van der Waals surface area contributed by atoms with Crippen molar-refractivity contribution < 1.29 is 9.18 Å². The number of carbonyl (C=O) groups excluding carboxylic acids is 1. The van der Waals surface area contributed by atoms with Gasteiger partial charge in [-0.2, -0.15) is 0 Å². The molecule has 0 aliphatic rings. The molecule has 0 unspecified atom stereocenters. The number of halogens is 1. The van der Waals surface area contributed by atoms with Gasteiger partial charge in [0.1, 0.15) is 0 Å². The summed E-state index contributed by atoms with van der Waals surface area (Å²) in [6, 6.07) is 5.34. The van der Waals surface area contributed by atoms with E-state index < -0.39 is 5.82 Å². The van der Waals surface area contributed by atoms with Crippen molar-refractivity contribution in [3.05, 3.63) is 52.2 Å². The second-order valence-corrected chi connectivity index (χ2v) is 4.39. The summed E-state index contributed by atoms with van der Waals surface area (Å²) in [7, 11) is 0. The minimum atomic E-state index is -0.543. The van der Waals surface area contributed by atoms with E-state index in [-0.39, 0.29) is 11.3 Å². The van der Waals surface area contributed by atoms with Crippen LogP contribution in [0.1, 0.15) is 21.7 Å². The van der Waals surface area contributed by atoms with Crippen molar-refractivity contribution in [3.63, 3.8) is 0 Å². The topological polar surface area (TPSA) is 30.0 Å². The lowest BCUT2D eigenvalue weighted by Crippen LogP contribution is -2.03. The predicted octanol–water partition coefficient (Wildman–Crippen LogP) is 3.10. The van der Waals surface area contributed by atoms with E-state index in [0.717, 1.165) is 11.1 Å². The molecule has 0 radical (unpaired) electrons. The average molecular weight is 235 g/mol. The summed E-state index contributed by atoms with van der Waals surface area (Å²) in [6.45, 7) is 0. The molecule has 2 nitrogen and oxygen atoms in total. The van der Waals surface area contributed by atoms with E-state index in [9.17, 15) is 9.18 Å². The van der Waals surface area contributed by atoms with Crippen LogP contribution in [-0.2, 0) is 6.42 Å². The Morgan fingerprint density at radius 3 is 3.00 bits per heavy atom. The molecule has 0 saturated carbocycles. The number of hydrogen-bond acceptors (Lipinski definition) is 3. The van der Waals surface area contributed by atoms with Gasteiger partial charge in [0.25, 0.3) is 0 Å². The minimum absolute atomic E-state index is 0.131. The largest absolute Gasteiger partial charge is 0.294 e. The molecule has 0 N–H and O–H groups in total. The molecule has 0 atom stereocenters. The van der Waals surface area contributed by atoms with E-state index in [2.05, 4.69) is 4.98 Å². The molecule has 0 spiro atoms. The Kier molecular flexibility index (Phi) is 3.41. The number of ketones is 1. The van der Waals surface area contributed by atoms with Crippen LogP contribution in [0.2, 0.25) is 0 Å². The summed E-state index contributed by atoms with van der Waals surface area (Å²) in [5, 5.41) is 1.97. The minimum Gasteiger partial charge on any atom is -0.294 e. The third-order valence-corrected chi connectivity index (χ3v) is 3.19. The molecule has 0 fully saturated rings. The van der Waals surface area contributed by atoms with E-state index in [4.69, 9.17) is 0 Å². The van der Waals surface area contributed by atoms with Crippen LogP contribution in [0, 0.1) is 5.82 Å². The first-order valence-electron chi connectivity index (χ1n) is 4.92. The first-order chi connectivity index (χ1) is 7.77.